The Morgan fingerprint density at radius 3 is 0.735 bits per heavy atom. The average Bonchev–Trinajstić information content (AvgIpc) is 3.49. The van der Waals surface area contributed by atoms with E-state index in [1.54, 1.807) is 0 Å². The SMILES string of the molecule is CC/C=C\C/C=C\C/C=C\C/C=C\C/C=C\C/C=C\C/C=C\CCCC(=O)OCC(COC(=O)CCCCCCCCCCCCCCCCCCCCC)OC(=O)CCC/C=C\C/C=C\C/C=C\C/C=C\C/C=C\C/C=C\C/C=C\CC. The second-order valence-corrected chi connectivity index (χ2v) is 21.6. The van der Waals surface area contributed by atoms with Gasteiger partial charge < -0.3 is 14.2 Å². The molecule has 0 amide bonds. The van der Waals surface area contributed by atoms with Crippen molar-refractivity contribution in [3.05, 3.63) is 170 Å². The maximum Gasteiger partial charge on any atom is 0.306 e. The third kappa shape index (κ3) is 67.4. The van der Waals surface area contributed by atoms with E-state index in [2.05, 4.69) is 191 Å². The first-order chi connectivity index (χ1) is 41.0. The summed E-state index contributed by atoms with van der Waals surface area (Å²) in [5.74, 6) is -1.05. The summed E-state index contributed by atoms with van der Waals surface area (Å²) in [6.07, 6.45) is 102. The van der Waals surface area contributed by atoms with Crippen molar-refractivity contribution in [1.29, 1.82) is 0 Å². The van der Waals surface area contributed by atoms with Crippen LogP contribution in [-0.2, 0) is 28.6 Å². The Kier molecular flexibility index (Phi) is 64.9. The molecule has 0 aliphatic rings. The second-order valence-electron chi connectivity index (χ2n) is 21.6. The van der Waals surface area contributed by atoms with Gasteiger partial charge in [-0.1, -0.05) is 306 Å². The standard InChI is InChI=1S/C77H122O6/c1-4-7-10-13-16-19-22-25-28-31-34-36-38-40-43-46-49-52-55-58-61-64-67-70-76(79)82-73-74(72-81-75(78)69-66-63-60-57-54-51-48-45-42-33-30-27-24-21-18-15-12-9-6-3)83-77(80)71-68-65-62-59-56-53-50-47-44-41-39-37-35-32-29-26-23-20-17-14-11-8-5-2/h7-8,10-11,16-17,19-20,25-26,28-29,34-37,40-41,43-44,49-50,52-53,58-59,61-62,74H,4-6,9,12-15,18,21-24,27,30-33,38-39,42,45-48,51,54-57,60,63-73H2,1-3H3/b10-7-,11-8-,19-16-,20-17-,28-25-,29-26-,36-34-,37-35-,43-40-,44-41-,52-49-,53-50-,61-58-,62-59-. The molecule has 0 fully saturated rings. The van der Waals surface area contributed by atoms with Gasteiger partial charge in [0.25, 0.3) is 0 Å². The van der Waals surface area contributed by atoms with Gasteiger partial charge in [-0.3, -0.25) is 14.4 Å². The molecule has 6 nitrogen and oxygen atoms in total. The fourth-order valence-corrected chi connectivity index (χ4v) is 8.77. The van der Waals surface area contributed by atoms with Gasteiger partial charge in [0.2, 0.25) is 0 Å². The highest BCUT2D eigenvalue weighted by Gasteiger charge is 2.19. The molecular formula is C77H122O6. The van der Waals surface area contributed by atoms with E-state index in [1.165, 1.54) is 103 Å². The maximum absolute atomic E-state index is 12.9. The molecule has 0 bridgehead atoms. The van der Waals surface area contributed by atoms with Crippen LogP contribution in [0.3, 0.4) is 0 Å². The largest absolute Gasteiger partial charge is 0.462 e. The molecule has 0 aliphatic heterocycles. The predicted molar refractivity (Wildman–Crippen MR) is 361 cm³/mol. The first kappa shape index (κ1) is 77.8. The highest BCUT2D eigenvalue weighted by Crippen LogP contribution is 2.16. The lowest BCUT2D eigenvalue weighted by atomic mass is 10.0. The van der Waals surface area contributed by atoms with Gasteiger partial charge in [-0.05, 0) is 122 Å². The minimum atomic E-state index is -0.842. The minimum Gasteiger partial charge on any atom is -0.462 e. The van der Waals surface area contributed by atoms with E-state index in [0.29, 0.717) is 19.3 Å². The van der Waals surface area contributed by atoms with Crippen molar-refractivity contribution in [3.8, 4) is 0 Å². The molecule has 1 atom stereocenters. The van der Waals surface area contributed by atoms with Crippen LogP contribution >= 0.6 is 0 Å². The van der Waals surface area contributed by atoms with Gasteiger partial charge in [0.05, 0.1) is 0 Å². The van der Waals surface area contributed by atoms with Crippen LogP contribution in [0.15, 0.2) is 170 Å². The van der Waals surface area contributed by atoms with Crippen molar-refractivity contribution in [2.75, 3.05) is 13.2 Å². The van der Waals surface area contributed by atoms with Crippen molar-refractivity contribution in [3.63, 3.8) is 0 Å². The van der Waals surface area contributed by atoms with E-state index in [4.69, 9.17) is 14.2 Å². The van der Waals surface area contributed by atoms with Crippen LogP contribution in [-0.4, -0.2) is 37.2 Å². The molecule has 1 unspecified atom stereocenters. The van der Waals surface area contributed by atoms with Crippen LogP contribution < -0.4 is 0 Å². The Morgan fingerprint density at radius 2 is 0.470 bits per heavy atom. The Hall–Kier alpha value is -5.23. The lowest BCUT2D eigenvalue weighted by Gasteiger charge is -2.18. The summed E-state index contributed by atoms with van der Waals surface area (Å²) in [4.78, 5) is 38.4. The Bertz CT molecular complexity index is 1890. The molecule has 0 radical (unpaired) electrons. The molecule has 0 spiro atoms. The molecule has 6 heteroatoms. The second kappa shape index (κ2) is 69.3. The molecule has 0 aromatic heterocycles. The minimum absolute atomic E-state index is 0.125. The van der Waals surface area contributed by atoms with Crippen molar-refractivity contribution >= 4 is 17.9 Å². The van der Waals surface area contributed by atoms with Crippen LogP contribution in [0.25, 0.3) is 0 Å². The highest BCUT2D eigenvalue weighted by atomic mass is 16.6. The molecule has 0 aliphatic carbocycles. The van der Waals surface area contributed by atoms with Crippen LogP contribution in [0.1, 0.15) is 278 Å². The molecule has 0 saturated heterocycles. The Morgan fingerprint density at radius 1 is 0.253 bits per heavy atom. The Balaban J connectivity index is 4.61. The normalized spacial score (nSPS) is 13.2. The number of rotatable bonds is 59. The molecule has 0 N–H and O–H groups in total. The van der Waals surface area contributed by atoms with Gasteiger partial charge in [0.1, 0.15) is 13.2 Å². The summed E-state index contributed by atoms with van der Waals surface area (Å²) in [6.45, 7) is 6.33. The van der Waals surface area contributed by atoms with Crippen LogP contribution in [0.2, 0.25) is 0 Å². The number of hydrogen-bond acceptors (Lipinski definition) is 6. The van der Waals surface area contributed by atoms with E-state index in [9.17, 15) is 14.4 Å². The number of esters is 3. The molecule has 83 heavy (non-hydrogen) atoms. The monoisotopic (exact) mass is 1140 g/mol. The number of allylic oxidation sites excluding steroid dienone is 28. The van der Waals surface area contributed by atoms with Gasteiger partial charge >= 0.3 is 17.9 Å². The summed E-state index contributed by atoms with van der Waals surface area (Å²) < 4.78 is 16.9. The lowest BCUT2D eigenvalue weighted by molar-refractivity contribution is -0.167. The summed E-state index contributed by atoms with van der Waals surface area (Å²) in [7, 11) is 0. The molecule has 0 saturated carbocycles. The fraction of sp³-hybridized carbons (Fsp3) is 0.597. The first-order valence-electron chi connectivity index (χ1n) is 33.6. The highest BCUT2D eigenvalue weighted by molar-refractivity contribution is 5.71. The van der Waals surface area contributed by atoms with Gasteiger partial charge in [0, 0.05) is 19.3 Å². The number of carbonyl (C=O) groups excluding carboxylic acids is 3. The molecule has 0 rings (SSSR count). The van der Waals surface area contributed by atoms with Crippen molar-refractivity contribution in [2.24, 2.45) is 0 Å². The molecular weight excluding hydrogens is 1020 g/mol. The fourth-order valence-electron chi connectivity index (χ4n) is 8.77. The summed E-state index contributed by atoms with van der Waals surface area (Å²) in [6, 6.07) is 0. The molecule has 0 heterocycles. The molecule has 0 aromatic carbocycles. The van der Waals surface area contributed by atoms with Gasteiger partial charge in [-0.15, -0.1) is 0 Å². The van der Waals surface area contributed by atoms with Gasteiger partial charge in [-0.2, -0.15) is 0 Å². The van der Waals surface area contributed by atoms with Crippen LogP contribution in [0.4, 0.5) is 0 Å². The predicted octanol–water partition coefficient (Wildman–Crippen LogP) is 23.4. The van der Waals surface area contributed by atoms with Gasteiger partial charge in [-0.25, -0.2) is 0 Å². The quantitative estimate of drug-likeness (QED) is 0.0261. The summed E-state index contributed by atoms with van der Waals surface area (Å²) in [5, 5.41) is 0. The third-order valence-corrected chi connectivity index (χ3v) is 13.7. The summed E-state index contributed by atoms with van der Waals surface area (Å²) in [5.41, 5.74) is 0. The number of ether oxygens (including phenoxy) is 3. The molecule has 466 valence electrons. The summed E-state index contributed by atoms with van der Waals surface area (Å²) >= 11 is 0. The van der Waals surface area contributed by atoms with E-state index < -0.39 is 6.10 Å². The van der Waals surface area contributed by atoms with Crippen molar-refractivity contribution in [1.82, 2.24) is 0 Å². The van der Waals surface area contributed by atoms with Crippen molar-refractivity contribution < 1.29 is 28.6 Å². The van der Waals surface area contributed by atoms with E-state index in [0.717, 1.165) is 122 Å². The van der Waals surface area contributed by atoms with Gasteiger partial charge in [0.15, 0.2) is 6.10 Å². The zero-order valence-corrected chi connectivity index (χ0v) is 53.4. The average molecular weight is 1140 g/mol. The zero-order chi connectivity index (χ0) is 59.9. The molecule has 0 aromatic rings. The smallest absolute Gasteiger partial charge is 0.306 e. The van der Waals surface area contributed by atoms with Crippen LogP contribution in [0.5, 0.6) is 0 Å². The topological polar surface area (TPSA) is 78.9 Å². The van der Waals surface area contributed by atoms with Crippen molar-refractivity contribution in [2.45, 2.75) is 284 Å². The van der Waals surface area contributed by atoms with Crippen LogP contribution in [0, 0.1) is 0 Å². The number of unbranched alkanes of at least 4 members (excludes halogenated alkanes) is 20. The Labute approximate surface area is 511 Å². The first-order valence-corrected chi connectivity index (χ1v) is 33.6. The van der Waals surface area contributed by atoms with E-state index in [-0.39, 0.29) is 44.0 Å². The zero-order valence-electron chi connectivity index (χ0n) is 53.4. The number of hydrogen-bond donors (Lipinski definition) is 0. The maximum atomic E-state index is 12.9. The third-order valence-electron chi connectivity index (χ3n) is 13.7. The van der Waals surface area contributed by atoms with E-state index in [1.807, 2.05) is 0 Å². The van der Waals surface area contributed by atoms with E-state index >= 15 is 0 Å². The lowest BCUT2D eigenvalue weighted by Crippen LogP contribution is -2.30. The number of carbonyl (C=O) groups is 3.